The number of hydrogen-bond acceptors (Lipinski definition) is 3. The Morgan fingerprint density at radius 2 is 1.81 bits per heavy atom. The van der Waals surface area contributed by atoms with Gasteiger partial charge in [0.15, 0.2) is 0 Å². The second-order valence-electron chi connectivity index (χ2n) is 5.01. The van der Waals surface area contributed by atoms with Gasteiger partial charge >= 0.3 is 0 Å². The molecule has 3 nitrogen and oxygen atoms in total. The van der Waals surface area contributed by atoms with Gasteiger partial charge in [-0.15, -0.1) is 0 Å². The molecule has 2 fully saturated rings. The Hall–Kier alpha value is -0.410. The maximum absolute atomic E-state index is 11.1. The number of ether oxygens (including phenoxy) is 1. The number of piperidine rings is 1. The van der Waals surface area contributed by atoms with Gasteiger partial charge in [0.1, 0.15) is 5.78 Å². The molecule has 1 saturated heterocycles. The summed E-state index contributed by atoms with van der Waals surface area (Å²) in [6.45, 7) is 4.41. The Morgan fingerprint density at radius 1 is 1.12 bits per heavy atom. The molecule has 2 rings (SSSR count). The normalized spacial score (nSPS) is 24.9. The molecule has 0 radical (unpaired) electrons. The zero-order chi connectivity index (χ0) is 11.2. The second-order valence-corrected chi connectivity index (χ2v) is 5.01. The Balaban J connectivity index is 1.55. The summed E-state index contributed by atoms with van der Waals surface area (Å²) in [6, 6.07) is 0. The summed E-state index contributed by atoms with van der Waals surface area (Å²) in [6.07, 6.45) is 7.78. The fourth-order valence-electron chi connectivity index (χ4n) is 2.61. The van der Waals surface area contributed by atoms with E-state index in [-0.39, 0.29) is 0 Å². The van der Waals surface area contributed by atoms with E-state index in [0.717, 1.165) is 38.8 Å². The van der Waals surface area contributed by atoms with Crippen LogP contribution in [0.1, 0.15) is 44.9 Å². The van der Waals surface area contributed by atoms with E-state index in [1.807, 2.05) is 0 Å². The van der Waals surface area contributed by atoms with Crippen molar-refractivity contribution in [2.24, 2.45) is 0 Å². The third kappa shape index (κ3) is 3.87. The lowest BCUT2D eigenvalue weighted by Crippen LogP contribution is -2.34. The molecule has 0 aromatic carbocycles. The van der Waals surface area contributed by atoms with E-state index in [0.29, 0.717) is 11.9 Å². The largest absolute Gasteiger partial charge is 0.377 e. The fraction of sp³-hybridized carbons (Fsp3) is 0.923. The average Bonchev–Trinajstić information content (AvgIpc) is 2.33. The third-order valence-corrected chi connectivity index (χ3v) is 3.70. The van der Waals surface area contributed by atoms with Gasteiger partial charge in [0.05, 0.1) is 12.7 Å². The van der Waals surface area contributed by atoms with Gasteiger partial charge in [-0.1, -0.05) is 6.42 Å². The summed E-state index contributed by atoms with van der Waals surface area (Å²) >= 11 is 0. The quantitative estimate of drug-likeness (QED) is 0.733. The van der Waals surface area contributed by atoms with Crippen molar-refractivity contribution in [1.82, 2.24) is 4.90 Å². The van der Waals surface area contributed by atoms with Gasteiger partial charge in [0, 0.05) is 19.4 Å². The van der Waals surface area contributed by atoms with Crippen LogP contribution in [0.2, 0.25) is 0 Å². The smallest absolute Gasteiger partial charge is 0.133 e. The van der Waals surface area contributed by atoms with Gasteiger partial charge in [0.25, 0.3) is 0 Å². The highest BCUT2D eigenvalue weighted by atomic mass is 16.5. The lowest BCUT2D eigenvalue weighted by molar-refractivity contribution is -0.123. The molecule has 1 aliphatic heterocycles. The molecular weight excluding hydrogens is 202 g/mol. The number of nitrogens with zero attached hydrogens (tertiary/aromatic N) is 1. The van der Waals surface area contributed by atoms with Crippen LogP contribution in [-0.4, -0.2) is 43.0 Å². The van der Waals surface area contributed by atoms with E-state index in [2.05, 4.69) is 4.90 Å². The molecule has 0 aromatic rings. The zero-order valence-electron chi connectivity index (χ0n) is 10.1. The molecule has 0 aromatic heterocycles. The van der Waals surface area contributed by atoms with Gasteiger partial charge in [-0.2, -0.15) is 0 Å². The van der Waals surface area contributed by atoms with E-state index in [9.17, 15) is 4.79 Å². The predicted molar refractivity (Wildman–Crippen MR) is 63.5 cm³/mol. The van der Waals surface area contributed by atoms with Crippen molar-refractivity contribution in [3.05, 3.63) is 0 Å². The van der Waals surface area contributed by atoms with Crippen LogP contribution in [-0.2, 0) is 9.53 Å². The molecule has 0 atom stereocenters. The minimum atomic E-state index is 0.350. The summed E-state index contributed by atoms with van der Waals surface area (Å²) in [4.78, 5) is 13.6. The van der Waals surface area contributed by atoms with Gasteiger partial charge in [-0.25, -0.2) is 0 Å². The van der Waals surface area contributed by atoms with Crippen LogP contribution in [0.4, 0.5) is 0 Å². The van der Waals surface area contributed by atoms with E-state index >= 15 is 0 Å². The third-order valence-electron chi connectivity index (χ3n) is 3.70. The molecule has 1 saturated carbocycles. The molecule has 0 amide bonds. The highest BCUT2D eigenvalue weighted by Gasteiger charge is 2.19. The second kappa shape index (κ2) is 6.36. The lowest BCUT2D eigenvalue weighted by Gasteiger charge is -2.28. The van der Waals surface area contributed by atoms with Crippen molar-refractivity contribution in [3.8, 4) is 0 Å². The molecule has 0 bridgehead atoms. The van der Waals surface area contributed by atoms with Crippen LogP contribution < -0.4 is 0 Å². The molecule has 0 spiro atoms. The molecule has 16 heavy (non-hydrogen) atoms. The van der Waals surface area contributed by atoms with E-state index < -0.39 is 0 Å². The summed E-state index contributed by atoms with van der Waals surface area (Å²) < 4.78 is 5.84. The summed E-state index contributed by atoms with van der Waals surface area (Å²) in [7, 11) is 0. The minimum Gasteiger partial charge on any atom is -0.377 e. The molecule has 0 N–H and O–H groups in total. The van der Waals surface area contributed by atoms with Crippen molar-refractivity contribution >= 4 is 5.78 Å². The standard InChI is InChI=1S/C13H23NO2/c15-12-4-6-13(7-5-12)16-11-10-14-8-2-1-3-9-14/h13H,1-11H2. The first-order valence-corrected chi connectivity index (χ1v) is 6.70. The lowest BCUT2D eigenvalue weighted by atomic mass is 9.96. The first-order chi connectivity index (χ1) is 7.84. The minimum absolute atomic E-state index is 0.350. The molecule has 1 heterocycles. The number of hydrogen-bond donors (Lipinski definition) is 0. The van der Waals surface area contributed by atoms with Gasteiger partial charge in [-0.05, 0) is 38.8 Å². The van der Waals surface area contributed by atoms with E-state index in [1.54, 1.807) is 0 Å². The van der Waals surface area contributed by atoms with Crippen molar-refractivity contribution in [2.75, 3.05) is 26.2 Å². The van der Waals surface area contributed by atoms with Gasteiger partial charge < -0.3 is 9.64 Å². The summed E-state index contributed by atoms with van der Waals surface area (Å²) in [5, 5.41) is 0. The monoisotopic (exact) mass is 225 g/mol. The number of rotatable bonds is 4. The molecule has 1 aliphatic carbocycles. The van der Waals surface area contributed by atoms with E-state index in [4.69, 9.17) is 4.74 Å². The summed E-state index contributed by atoms with van der Waals surface area (Å²) in [5.74, 6) is 0.413. The van der Waals surface area contributed by atoms with Crippen molar-refractivity contribution < 1.29 is 9.53 Å². The average molecular weight is 225 g/mol. The molecule has 92 valence electrons. The van der Waals surface area contributed by atoms with Gasteiger partial charge in [-0.3, -0.25) is 4.79 Å². The predicted octanol–water partition coefficient (Wildman–Crippen LogP) is 2.00. The van der Waals surface area contributed by atoms with Gasteiger partial charge in [0.2, 0.25) is 0 Å². The number of likely N-dealkylation sites (tertiary alicyclic amines) is 1. The highest BCUT2D eigenvalue weighted by Crippen LogP contribution is 2.18. The van der Waals surface area contributed by atoms with Crippen molar-refractivity contribution in [1.29, 1.82) is 0 Å². The topological polar surface area (TPSA) is 29.5 Å². The zero-order valence-corrected chi connectivity index (χ0v) is 10.1. The molecule has 3 heteroatoms. The Morgan fingerprint density at radius 3 is 2.50 bits per heavy atom. The van der Waals surface area contributed by atoms with Crippen LogP contribution in [0.25, 0.3) is 0 Å². The maximum Gasteiger partial charge on any atom is 0.133 e. The van der Waals surface area contributed by atoms with Crippen LogP contribution >= 0.6 is 0 Å². The van der Waals surface area contributed by atoms with Crippen molar-refractivity contribution in [2.45, 2.75) is 51.0 Å². The Bertz CT molecular complexity index is 214. The summed E-state index contributed by atoms with van der Waals surface area (Å²) in [5.41, 5.74) is 0. The molecule has 0 unspecified atom stereocenters. The highest BCUT2D eigenvalue weighted by molar-refractivity contribution is 5.79. The van der Waals surface area contributed by atoms with Crippen molar-refractivity contribution in [3.63, 3.8) is 0 Å². The molecular formula is C13H23NO2. The van der Waals surface area contributed by atoms with Crippen LogP contribution in [0.5, 0.6) is 0 Å². The van der Waals surface area contributed by atoms with Crippen LogP contribution in [0, 0.1) is 0 Å². The number of carbonyl (C=O) groups excluding carboxylic acids is 1. The Labute approximate surface area is 98.1 Å². The number of carbonyl (C=O) groups is 1. The Kier molecular flexibility index (Phi) is 4.79. The van der Waals surface area contributed by atoms with Crippen LogP contribution in [0.3, 0.4) is 0 Å². The molecule has 2 aliphatic rings. The van der Waals surface area contributed by atoms with E-state index in [1.165, 1.54) is 32.4 Å². The van der Waals surface area contributed by atoms with Crippen LogP contribution in [0.15, 0.2) is 0 Å². The first-order valence-electron chi connectivity index (χ1n) is 6.70. The number of ketones is 1. The first kappa shape index (κ1) is 12.1. The maximum atomic E-state index is 11.1. The SMILES string of the molecule is O=C1CCC(OCCN2CCCCC2)CC1. The fourth-order valence-corrected chi connectivity index (χ4v) is 2.61. The number of Topliss-reactive ketones (excluding diaryl/α,β-unsaturated/α-hetero) is 1.